The maximum Gasteiger partial charge on any atom is 0.255 e. The third kappa shape index (κ3) is 6.00. The van der Waals surface area contributed by atoms with Gasteiger partial charge in [0.15, 0.2) is 0 Å². The van der Waals surface area contributed by atoms with Crippen molar-refractivity contribution in [2.45, 2.75) is 46.4 Å². The van der Waals surface area contributed by atoms with E-state index in [1.165, 1.54) is 0 Å². The molecule has 2 N–H and O–H groups in total. The summed E-state index contributed by atoms with van der Waals surface area (Å²) < 4.78 is 8.01. The zero-order chi connectivity index (χ0) is 30.9. The SMILES string of the molecule is CCN(c1cc2oc(-c3ccc(-n4ccnn4)cc3)c(C(=O)NC)c2cc1-c1cccc(C(=O)NC(C)(C)C)c1)C(C)[O-]. The number of furan rings is 1. The van der Waals surface area contributed by atoms with Crippen LogP contribution in [0.1, 0.15) is 55.3 Å². The van der Waals surface area contributed by atoms with Crippen molar-refractivity contribution in [3.8, 4) is 28.1 Å². The lowest BCUT2D eigenvalue weighted by Crippen LogP contribution is -2.42. The minimum Gasteiger partial charge on any atom is -0.836 e. The summed E-state index contributed by atoms with van der Waals surface area (Å²) in [6.07, 6.45) is 2.29. The Morgan fingerprint density at radius 3 is 2.40 bits per heavy atom. The molecule has 1 unspecified atom stereocenters. The normalized spacial score (nSPS) is 12.3. The largest absolute Gasteiger partial charge is 0.836 e. The zero-order valence-electron chi connectivity index (χ0n) is 25.1. The predicted molar refractivity (Wildman–Crippen MR) is 165 cm³/mol. The van der Waals surface area contributed by atoms with Gasteiger partial charge in [-0.05, 0) is 75.7 Å². The first kappa shape index (κ1) is 29.5. The molecule has 0 fully saturated rings. The Balaban J connectivity index is 1.71. The highest BCUT2D eigenvalue weighted by molar-refractivity contribution is 6.13. The third-order valence-electron chi connectivity index (χ3n) is 7.09. The van der Waals surface area contributed by atoms with Gasteiger partial charge >= 0.3 is 0 Å². The molecule has 10 nitrogen and oxygen atoms in total. The fourth-order valence-electron chi connectivity index (χ4n) is 5.13. The fraction of sp³-hybridized carbons (Fsp3) is 0.273. The number of carbonyl (C=O) groups excluding carboxylic acids is 2. The smallest absolute Gasteiger partial charge is 0.255 e. The van der Waals surface area contributed by atoms with Crippen LogP contribution in [-0.2, 0) is 0 Å². The topological polar surface area (TPSA) is 128 Å². The van der Waals surface area contributed by atoms with E-state index in [2.05, 4.69) is 20.9 Å². The van der Waals surface area contributed by atoms with Gasteiger partial charge in [0.2, 0.25) is 0 Å². The molecule has 0 bridgehead atoms. The van der Waals surface area contributed by atoms with Crippen molar-refractivity contribution in [1.29, 1.82) is 0 Å². The molecule has 2 aromatic heterocycles. The monoisotopic (exact) mass is 579 g/mol. The number of carbonyl (C=O) groups is 2. The molecule has 222 valence electrons. The number of fused-ring (bicyclic) bond motifs is 1. The van der Waals surface area contributed by atoms with E-state index < -0.39 is 11.8 Å². The average molecular weight is 580 g/mol. The van der Waals surface area contributed by atoms with Gasteiger partial charge in [0.1, 0.15) is 11.3 Å². The quantitative estimate of drug-likeness (QED) is 0.254. The number of anilines is 1. The minimum absolute atomic E-state index is 0.201. The molecule has 2 amide bonds. The van der Waals surface area contributed by atoms with Crippen LogP contribution in [-0.4, -0.2) is 52.2 Å². The summed E-state index contributed by atoms with van der Waals surface area (Å²) in [5, 5.41) is 27.1. The highest BCUT2D eigenvalue weighted by Crippen LogP contribution is 2.41. The van der Waals surface area contributed by atoms with Crippen LogP contribution >= 0.6 is 0 Å². The number of amides is 2. The molecule has 0 aliphatic rings. The molecular weight excluding hydrogens is 544 g/mol. The molecule has 5 rings (SSSR count). The van der Waals surface area contributed by atoms with E-state index in [0.717, 1.165) is 11.3 Å². The fourth-order valence-corrected chi connectivity index (χ4v) is 5.13. The summed E-state index contributed by atoms with van der Waals surface area (Å²) in [6.45, 7) is 9.73. The second-order valence-corrected chi connectivity index (χ2v) is 11.3. The summed E-state index contributed by atoms with van der Waals surface area (Å²) in [7, 11) is 1.57. The van der Waals surface area contributed by atoms with Gasteiger partial charge in [-0.1, -0.05) is 30.5 Å². The van der Waals surface area contributed by atoms with Crippen LogP contribution in [0.4, 0.5) is 5.69 Å². The first-order chi connectivity index (χ1) is 20.5. The van der Waals surface area contributed by atoms with Gasteiger partial charge in [-0.2, -0.15) is 0 Å². The third-order valence-corrected chi connectivity index (χ3v) is 7.09. The number of rotatable bonds is 8. The van der Waals surface area contributed by atoms with E-state index in [9.17, 15) is 14.7 Å². The molecule has 3 aromatic carbocycles. The second kappa shape index (κ2) is 11.7. The first-order valence-electron chi connectivity index (χ1n) is 14.2. The van der Waals surface area contributed by atoms with E-state index in [-0.39, 0.29) is 11.8 Å². The van der Waals surface area contributed by atoms with Crippen molar-refractivity contribution < 1.29 is 19.1 Å². The zero-order valence-corrected chi connectivity index (χ0v) is 25.1. The van der Waals surface area contributed by atoms with Gasteiger partial charge in [-0.25, -0.2) is 4.68 Å². The van der Waals surface area contributed by atoms with Crippen molar-refractivity contribution in [3.63, 3.8) is 0 Å². The standard InChI is InChI=1S/C33H35N6O4/c1-7-38(20(2)40)27-19-28-26(18-25(27)22-9-8-10-23(17-22)31(41)36-33(3,4)5)29(32(42)34-6)30(43-28)21-11-13-24(14-12-21)39-16-15-35-37-39/h8-20H,7H2,1-6H3,(H,34,42)(H,36,41)/q-1. The Labute approximate surface area is 250 Å². The van der Waals surface area contributed by atoms with Gasteiger partial charge in [0.25, 0.3) is 11.8 Å². The highest BCUT2D eigenvalue weighted by Gasteiger charge is 2.25. The Morgan fingerprint density at radius 2 is 1.79 bits per heavy atom. The van der Waals surface area contributed by atoms with Gasteiger partial charge in [0.05, 0.1) is 23.6 Å². The van der Waals surface area contributed by atoms with E-state index in [0.29, 0.717) is 51.2 Å². The van der Waals surface area contributed by atoms with Crippen LogP contribution in [0.15, 0.2) is 77.5 Å². The van der Waals surface area contributed by atoms with E-state index in [4.69, 9.17) is 4.42 Å². The van der Waals surface area contributed by atoms with Crippen molar-refractivity contribution in [2.24, 2.45) is 0 Å². The van der Waals surface area contributed by atoms with Crippen LogP contribution in [0.2, 0.25) is 0 Å². The van der Waals surface area contributed by atoms with Crippen molar-refractivity contribution in [1.82, 2.24) is 25.6 Å². The molecule has 0 aliphatic carbocycles. The maximum atomic E-state index is 13.3. The van der Waals surface area contributed by atoms with Gasteiger partial charge in [-0.3, -0.25) is 9.59 Å². The van der Waals surface area contributed by atoms with Gasteiger partial charge in [0, 0.05) is 53.0 Å². The summed E-state index contributed by atoms with van der Waals surface area (Å²) in [5.74, 6) is -0.109. The second-order valence-electron chi connectivity index (χ2n) is 11.3. The molecule has 0 aliphatic heterocycles. The Bertz CT molecular complexity index is 1770. The Hall–Kier alpha value is -4.96. The Morgan fingerprint density at radius 1 is 1.05 bits per heavy atom. The van der Waals surface area contributed by atoms with E-state index in [1.54, 1.807) is 48.1 Å². The summed E-state index contributed by atoms with van der Waals surface area (Å²) in [5.41, 5.74) is 4.53. The van der Waals surface area contributed by atoms with Crippen molar-refractivity contribution >= 4 is 28.5 Å². The lowest BCUT2D eigenvalue weighted by atomic mass is 9.96. The molecule has 1 atom stereocenters. The number of nitrogens with zero attached hydrogens (tertiary/aromatic N) is 4. The Kier molecular flexibility index (Phi) is 8.06. The molecule has 10 heteroatoms. The van der Waals surface area contributed by atoms with E-state index >= 15 is 0 Å². The molecule has 43 heavy (non-hydrogen) atoms. The van der Waals surface area contributed by atoms with Crippen LogP contribution in [0.5, 0.6) is 0 Å². The van der Waals surface area contributed by atoms with Crippen LogP contribution in [0.25, 0.3) is 39.1 Å². The summed E-state index contributed by atoms with van der Waals surface area (Å²) >= 11 is 0. The number of hydrogen-bond acceptors (Lipinski definition) is 7. The summed E-state index contributed by atoms with van der Waals surface area (Å²) in [4.78, 5) is 28.1. The summed E-state index contributed by atoms with van der Waals surface area (Å²) in [6, 6.07) is 18.4. The lowest BCUT2D eigenvalue weighted by Gasteiger charge is -2.36. The van der Waals surface area contributed by atoms with Crippen molar-refractivity contribution in [3.05, 3.63) is 84.2 Å². The molecule has 0 saturated heterocycles. The van der Waals surface area contributed by atoms with Gasteiger partial charge < -0.3 is 25.1 Å². The number of benzene rings is 3. The molecule has 0 spiro atoms. The van der Waals surface area contributed by atoms with E-state index in [1.807, 2.05) is 76.2 Å². The van der Waals surface area contributed by atoms with Crippen LogP contribution in [0.3, 0.4) is 0 Å². The molecule has 0 radical (unpaired) electrons. The molecule has 2 heterocycles. The van der Waals surface area contributed by atoms with Crippen molar-refractivity contribution in [2.75, 3.05) is 18.5 Å². The highest BCUT2D eigenvalue weighted by atomic mass is 16.3. The van der Waals surface area contributed by atoms with Gasteiger partial charge in [-0.15, -0.1) is 5.10 Å². The van der Waals surface area contributed by atoms with Crippen LogP contribution < -0.4 is 20.6 Å². The minimum atomic E-state index is -1.05. The van der Waals surface area contributed by atoms with Crippen LogP contribution in [0, 0.1) is 0 Å². The number of aromatic nitrogens is 3. The molecule has 5 aromatic rings. The molecule has 0 saturated carbocycles. The number of nitrogens with one attached hydrogen (secondary N) is 2. The lowest BCUT2D eigenvalue weighted by molar-refractivity contribution is -0.413. The first-order valence-corrected chi connectivity index (χ1v) is 14.2. The number of hydrogen-bond donors (Lipinski definition) is 2. The molecular formula is C33H35N6O4-. The predicted octanol–water partition coefficient (Wildman–Crippen LogP) is 4.77. The average Bonchev–Trinajstić information content (AvgIpc) is 3.64. The maximum absolute atomic E-state index is 13.3.